The van der Waals surface area contributed by atoms with Gasteiger partial charge in [0, 0.05) is 43.7 Å². The number of anilines is 1. The molecule has 1 aliphatic rings. The summed E-state index contributed by atoms with van der Waals surface area (Å²) in [5.41, 5.74) is 3.26. The maximum Gasteiger partial charge on any atom is 0.227 e. The molecule has 4 heteroatoms. The molecular weight excluding hydrogens is 358 g/mol. The largest absolute Gasteiger partial charge is 0.307 e. The number of para-hydroxylation sites is 1. The van der Waals surface area contributed by atoms with E-state index in [0.29, 0.717) is 6.42 Å². The van der Waals surface area contributed by atoms with E-state index >= 15 is 0 Å². The summed E-state index contributed by atoms with van der Waals surface area (Å²) >= 11 is 0. The van der Waals surface area contributed by atoms with Crippen LogP contribution in [0.2, 0.25) is 0 Å². The third kappa shape index (κ3) is 4.48. The highest BCUT2D eigenvalue weighted by Gasteiger charge is 2.29. The zero-order valence-corrected chi connectivity index (χ0v) is 17.1. The number of aromatic nitrogens is 1. The lowest BCUT2D eigenvalue weighted by molar-refractivity contribution is -0.119. The Hall–Kier alpha value is -2.72. The zero-order valence-electron chi connectivity index (χ0n) is 17.1. The average Bonchev–Trinajstić information content (AvgIpc) is 2.79. The minimum Gasteiger partial charge on any atom is -0.307 e. The lowest BCUT2D eigenvalue weighted by Gasteiger charge is -2.38. The second-order valence-corrected chi connectivity index (χ2v) is 7.78. The van der Waals surface area contributed by atoms with Crippen LogP contribution in [-0.2, 0) is 11.2 Å². The molecule has 150 valence electrons. The number of rotatable bonds is 6. The molecule has 1 saturated heterocycles. The molecule has 1 fully saturated rings. The fraction of sp³-hybridized carbons (Fsp3) is 0.360. The summed E-state index contributed by atoms with van der Waals surface area (Å²) < 4.78 is 0. The van der Waals surface area contributed by atoms with Gasteiger partial charge in [0.25, 0.3) is 0 Å². The van der Waals surface area contributed by atoms with Gasteiger partial charge >= 0.3 is 0 Å². The fourth-order valence-electron chi connectivity index (χ4n) is 4.32. The number of fused-ring (bicyclic) bond motifs is 1. The van der Waals surface area contributed by atoms with Crippen molar-refractivity contribution in [2.45, 2.75) is 38.6 Å². The van der Waals surface area contributed by atoms with Gasteiger partial charge in [-0.3, -0.25) is 9.78 Å². The van der Waals surface area contributed by atoms with E-state index in [-0.39, 0.29) is 11.9 Å². The van der Waals surface area contributed by atoms with Crippen molar-refractivity contribution in [3.63, 3.8) is 0 Å². The van der Waals surface area contributed by atoms with Gasteiger partial charge in [0.05, 0.1) is 11.2 Å². The van der Waals surface area contributed by atoms with E-state index in [0.717, 1.165) is 55.5 Å². The van der Waals surface area contributed by atoms with Crippen LogP contribution in [0.4, 0.5) is 5.69 Å². The summed E-state index contributed by atoms with van der Waals surface area (Å²) in [5, 5.41) is 1.08. The second-order valence-electron chi connectivity index (χ2n) is 7.78. The van der Waals surface area contributed by atoms with Gasteiger partial charge in [0.2, 0.25) is 5.91 Å². The molecule has 2 aromatic carbocycles. The molecule has 29 heavy (non-hydrogen) atoms. The number of carbonyl (C=O) groups excluding carboxylic acids is 1. The van der Waals surface area contributed by atoms with Gasteiger partial charge in [-0.25, -0.2) is 0 Å². The fourth-order valence-corrected chi connectivity index (χ4v) is 4.32. The maximum absolute atomic E-state index is 12.9. The first-order chi connectivity index (χ1) is 14.3. The Kier molecular flexibility index (Phi) is 6.20. The Bertz CT molecular complexity index is 943. The van der Waals surface area contributed by atoms with Crippen molar-refractivity contribution in [1.29, 1.82) is 0 Å². The van der Waals surface area contributed by atoms with Crippen molar-refractivity contribution in [2.75, 3.05) is 24.5 Å². The third-order valence-electron chi connectivity index (χ3n) is 5.92. The molecule has 0 unspecified atom stereocenters. The van der Waals surface area contributed by atoms with Crippen LogP contribution >= 0.6 is 0 Å². The highest BCUT2D eigenvalue weighted by Crippen LogP contribution is 2.30. The number of nitrogens with zero attached hydrogens (tertiary/aromatic N) is 3. The van der Waals surface area contributed by atoms with Crippen LogP contribution in [0.15, 0.2) is 66.9 Å². The monoisotopic (exact) mass is 387 g/mol. The molecule has 4 nitrogen and oxygen atoms in total. The molecule has 0 aliphatic carbocycles. The van der Waals surface area contributed by atoms with Gasteiger partial charge in [0.1, 0.15) is 0 Å². The number of amides is 1. The number of benzene rings is 2. The van der Waals surface area contributed by atoms with Crippen molar-refractivity contribution in [2.24, 2.45) is 0 Å². The zero-order chi connectivity index (χ0) is 20.1. The van der Waals surface area contributed by atoms with Crippen molar-refractivity contribution in [3.8, 4) is 0 Å². The number of pyridine rings is 1. The minimum absolute atomic E-state index is 0.186. The molecule has 1 aliphatic heterocycles. The second kappa shape index (κ2) is 9.19. The van der Waals surface area contributed by atoms with E-state index in [1.165, 1.54) is 5.56 Å². The Labute approximate surface area is 173 Å². The molecule has 0 atom stereocenters. The van der Waals surface area contributed by atoms with E-state index in [9.17, 15) is 4.79 Å². The highest BCUT2D eigenvalue weighted by atomic mass is 16.2. The molecule has 0 bridgehead atoms. The van der Waals surface area contributed by atoms with Gasteiger partial charge in [-0.2, -0.15) is 0 Å². The van der Waals surface area contributed by atoms with Crippen molar-refractivity contribution >= 4 is 22.5 Å². The quantitative estimate of drug-likeness (QED) is 0.616. The first-order valence-electron chi connectivity index (χ1n) is 10.7. The summed E-state index contributed by atoms with van der Waals surface area (Å²) in [5.74, 6) is 0.186. The molecule has 0 radical (unpaired) electrons. The Morgan fingerprint density at radius 1 is 1.03 bits per heavy atom. The molecule has 0 spiro atoms. The van der Waals surface area contributed by atoms with E-state index < -0.39 is 0 Å². The molecule has 1 amide bonds. The van der Waals surface area contributed by atoms with E-state index in [1.807, 2.05) is 36.2 Å². The standard InChI is InChI=1S/C25H29N3O/c1-2-24(29)28(23-12-6-10-21-11-7-16-26-25(21)23)22-14-18-27(19-15-22)17-13-20-8-4-3-5-9-20/h3-12,16,22H,2,13-15,17-19H2,1H3. The average molecular weight is 388 g/mol. The van der Waals surface area contributed by atoms with Crippen LogP contribution in [0.1, 0.15) is 31.7 Å². The molecule has 0 N–H and O–H groups in total. The maximum atomic E-state index is 12.9. The minimum atomic E-state index is 0.186. The van der Waals surface area contributed by atoms with E-state index in [1.54, 1.807) is 0 Å². The predicted octanol–water partition coefficient (Wildman–Crippen LogP) is 4.68. The third-order valence-corrected chi connectivity index (χ3v) is 5.92. The number of likely N-dealkylation sites (tertiary alicyclic amines) is 1. The molecular formula is C25H29N3O. The van der Waals surface area contributed by atoms with E-state index in [2.05, 4.69) is 52.3 Å². The molecule has 3 aromatic rings. The SMILES string of the molecule is CCC(=O)N(c1cccc2cccnc12)C1CCN(CCc2ccccc2)CC1. The number of piperidine rings is 1. The summed E-state index contributed by atoms with van der Waals surface area (Å²) in [7, 11) is 0. The Balaban J connectivity index is 1.47. The van der Waals surface area contributed by atoms with Crippen LogP contribution in [0.3, 0.4) is 0 Å². The molecule has 4 rings (SSSR count). The normalized spacial score (nSPS) is 15.5. The number of hydrogen-bond acceptors (Lipinski definition) is 3. The van der Waals surface area contributed by atoms with Gasteiger partial charge in [-0.15, -0.1) is 0 Å². The van der Waals surface area contributed by atoms with Crippen LogP contribution < -0.4 is 4.90 Å². The number of carbonyl (C=O) groups is 1. The van der Waals surface area contributed by atoms with Crippen molar-refractivity contribution < 1.29 is 4.79 Å². The lowest BCUT2D eigenvalue weighted by Crippen LogP contribution is -2.48. The smallest absolute Gasteiger partial charge is 0.227 e. The van der Waals surface area contributed by atoms with Crippen LogP contribution in [0, 0.1) is 0 Å². The predicted molar refractivity (Wildman–Crippen MR) is 119 cm³/mol. The number of hydrogen-bond donors (Lipinski definition) is 0. The molecule has 1 aromatic heterocycles. The van der Waals surface area contributed by atoms with Crippen molar-refractivity contribution in [3.05, 3.63) is 72.4 Å². The molecule has 2 heterocycles. The first kappa shape index (κ1) is 19.6. The summed E-state index contributed by atoms with van der Waals surface area (Å²) in [6.45, 7) is 5.09. The van der Waals surface area contributed by atoms with Crippen LogP contribution in [0.25, 0.3) is 10.9 Å². The van der Waals surface area contributed by atoms with Crippen LogP contribution in [0.5, 0.6) is 0 Å². The van der Waals surface area contributed by atoms with Gasteiger partial charge in [0.15, 0.2) is 0 Å². The van der Waals surface area contributed by atoms with Crippen LogP contribution in [-0.4, -0.2) is 41.5 Å². The van der Waals surface area contributed by atoms with Gasteiger partial charge in [-0.1, -0.05) is 55.5 Å². The first-order valence-corrected chi connectivity index (χ1v) is 10.7. The topological polar surface area (TPSA) is 36.4 Å². The highest BCUT2D eigenvalue weighted by molar-refractivity contribution is 6.02. The van der Waals surface area contributed by atoms with Crippen molar-refractivity contribution in [1.82, 2.24) is 9.88 Å². The summed E-state index contributed by atoms with van der Waals surface area (Å²) in [4.78, 5) is 22.1. The van der Waals surface area contributed by atoms with Gasteiger partial charge in [-0.05, 0) is 37.0 Å². The summed E-state index contributed by atoms with van der Waals surface area (Å²) in [6.07, 6.45) is 5.41. The molecule has 0 saturated carbocycles. The Morgan fingerprint density at radius 3 is 2.55 bits per heavy atom. The van der Waals surface area contributed by atoms with E-state index in [4.69, 9.17) is 0 Å². The Morgan fingerprint density at radius 2 is 1.79 bits per heavy atom. The van der Waals surface area contributed by atoms with Gasteiger partial charge < -0.3 is 9.80 Å². The summed E-state index contributed by atoms with van der Waals surface area (Å²) in [6, 6.07) is 21.1. The lowest BCUT2D eigenvalue weighted by atomic mass is 10.00.